The third-order valence-electron chi connectivity index (χ3n) is 3.74. The van der Waals surface area contributed by atoms with Crippen molar-refractivity contribution in [2.75, 3.05) is 19.7 Å². The average molecular weight is 316 g/mol. The number of unbranched alkanes of at least 4 members (excludes halogenated alkanes) is 1. The lowest BCUT2D eigenvalue weighted by Crippen LogP contribution is -2.58. The van der Waals surface area contributed by atoms with Crippen LogP contribution in [0.1, 0.15) is 47.0 Å². The molecule has 1 fully saturated rings. The van der Waals surface area contributed by atoms with Gasteiger partial charge in [0.05, 0.1) is 17.1 Å². The van der Waals surface area contributed by atoms with Gasteiger partial charge in [-0.15, -0.1) is 5.01 Å². The quantitative estimate of drug-likeness (QED) is 0.244. The molecule has 2 atom stereocenters. The molecule has 128 valence electrons. The summed E-state index contributed by atoms with van der Waals surface area (Å²) in [5.41, 5.74) is -0.689. The van der Waals surface area contributed by atoms with E-state index in [4.69, 9.17) is 9.94 Å². The summed E-state index contributed by atoms with van der Waals surface area (Å²) < 4.78 is 5.33. The minimum absolute atomic E-state index is 0.0634. The molecular weight excluding hydrogens is 288 g/mol. The third-order valence-corrected chi connectivity index (χ3v) is 3.74. The first-order valence-electron chi connectivity index (χ1n) is 7.81. The molecule has 1 aliphatic heterocycles. The van der Waals surface area contributed by atoms with Gasteiger partial charge in [-0.25, -0.2) is 4.79 Å². The lowest BCUT2D eigenvalue weighted by atomic mass is 9.94. The Morgan fingerprint density at radius 2 is 2.27 bits per heavy atom. The van der Waals surface area contributed by atoms with Gasteiger partial charge in [-0.3, -0.25) is 0 Å². The van der Waals surface area contributed by atoms with Crippen LogP contribution >= 0.6 is 0 Å². The predicted molar refractivity (Wildman–Crippen MR) is 80.1 cm³/mol. The normalized spacial score (nSPS) is 20.7. The molecule has 1 aliphatic rings. The summed E-state index contributed by atoms with van der Waals surface area (Å²) in [5, 5.41) is 28.0. The topological polar surface area (TPSA) is 100 Å². The van der Waals surface area contributed by atoms with Crippen molar-refractivity contribution in [3.05, 3.63) is 5.21 Å². The fourth-order valence-corrected chi connectivity index (χ4v) is 2.66. The number of nitrogens with one attached hydrogen (secondary N) is 1. The number of carbonyl (C=O) groups is 1. The Labute approximate surface area is 131 Å². The van der Waals surface area contributed by atoms with Crippen LogP contribution in [-0.4, -0.2) is 52.4 Å². The van der Waals surface area contributed by atoms with E-state index in [0.717, 1.165) is 25.8 Å². The summed E-state index contributed by atoms with van der Waals surface area (Å²) >= 11 is 0. The summed E-state index contributed by atoms with van der Waals surface area (Å²) in [4.78, 5) is 12.6. The van der Waals surface area contributed by atoms with Crippen LogP contribution in [0, 0.1) is 11.1 Å². The first-order valence-corrected chi connectivity index (χ1v) is 7.81. The van der Waals surface area contributed by atoms with E-state index in [9.17, 15) is 10.0 Å². The smallest absolute Gasteiger partial charge is 0.335 e. The number of hydrazine groups is 1. The third kappa shape index (κ3) is 4.72. The lowest BCUT2D eigenvalue weighted by molar-refractivity contribution is -0.730. The molecule has 0 spiro atoms. The molecule has 0 bridgehead atoms. The zero-order valence-corrected chi connectivity index (χ0v) is 13.9. The molecule has 2 unspecified atom stereocenters. The largest absolute Gasteiger partial charge is 0.569 e. The van der Waals surface area contributed by atoms with Crippen LogP contribution in [0.3, 0.4) is 0 Å². The number of hydrogen-bond acceptors (Lipinski definition) is 5. The Kier molecular flexibility index (Phi) is 6.86. The van der Waals surface area contributed by atoms with Gasteiger partial charge < -0.3 is 20.5 Å². The van der Waals surface area contributed by atoms with Crippen LogP contribution in [0.15, 0.2) is 5.28 Å². The summed E-state index contributed by atoms with van der Waals surface area (Å²) in [7, 11) is 0. The van der Waals surface area contributed by atoms with Crippen LogP contribution < -0.4 is 5.32 Å². The van der Waals surface area contributed by atoms with Crippen LogP contribution in [0.2, 0.25) is 0 Å². The molecule has 1 rings (SSSR count). The minimum Gasteiger partial charge on any atom is -0.569 e. The highest BCUT2D eigenvalue weighted by molar-refractivity contribution is 5.76. The standard InChI is InChI=1S/C14H28N4O4/c1-5-6-9-22-13(19)12(11-7-8-15-10-11)17(14(2,3)4)18(21)16-20/h11-12,15,20H,5-10H2,1-4H3. The molecule has 0 amide bonds. The highest BCUT2D eigenvalue weighted by Gasteiger charge is 2.46. The van der Waals surface area contributed by atoms with E-state index in [0.29, 0.717) is 13.2 Å². The SMILES string of the molecule is CCCCOC(=O)C(C1CCNC1)N([N+]([O-])=NO)C(C)(C)C. The summed E-state index contributed by atoms with van der Waals surface area (Å²) in [6.45, 7) is 9.13. The first-order chi connectivity index (χ1) is 10.3. The van der Waals surface area contributed by atoms with E-state index >= 15 is 0 Å². The fraction of sp³-hybridized carbons (Fsp3) is 0.929. The molecule has 0 aromatic heterocycles. The molecule has 22 heavy (non-hydrogen) atoms. The van der Waals surface area contributed by atoms with E-state index in [1.165, 1.54) is 5.01 Å². The predicted octanol–water partition coefficient (Wildman–Crippen LogP) is 1.68. The van der Waals surface area contributed by atoms with Gasteiger partial charge in [0.25, 0.3) is 0 Å². The van der Waals surface area contributed by atoms with Crippen molar-refractivity contribution in [3.63, 3.8) is 0 Å². The molecule has 2 N–H and O–H groups in total. The highest BCUT2D eigenvalue weighted by atomic mass is 16.6. The molecule has 0 aliphatic carbocycles. The fourth-order valence-electron chi connectivity index (χ4n) is 2.66. The minimum atomic E-state index is -0.778. The van der Waals surface area contributed by atoms with E-state index in [-0.39, 0.29) is 10.9 Å². The lowest BCUT2D eigenvalue weighted by Gasteiger charge is -2.37. The molecular formula is C14H28N4O4. The molecule has 0 aromatic rings. The zero-order valence-electron chi connectivity index (χ0n) is 13.9. The van der Waals surface area contributed by atoms with Crippen molar-refractivity contribution in [1.82, 2.24) is 10.3 Å². The van der Waals surface area contributed by atoms with Crippen LogP contribution in [0.5, 0.6) is 0 Å². The molecule has 1 saturated heterocycles. The van der Waals surface area contributed by atoms with E-state index in [1.54, 1.807) is 20.8 Å². The van der Waals surface area contributed by atoms with Crippen molar-refractivity contribution in [2.24, 2.45) is 11.2 Å². The Bertz CT molecular complexity index is 389. The summed E-state index contributed by atoms with van der Waals surface area (Å²) in [5.74, 6) is -0.506. The first kappa shape index (κ1) is 18.5. The van der Waals surface area contributed by atoms with Gasteiger partial charge in [-0.1, -0.05) is 13.3 Å². The molecule has 0 saturated carbocycles. The van der Waals surface area contributed by atoms with Crippen molar-refractivity contribution in [3.8, 4) is 0 Å². The van der Waals surface area contributed by atoms with E-state index in [2.05, 4.69) is 10.6 Å². The number of carbonyl (C=O) groups excluding carboxylic acids is 1. The number of ether oxygens (including phenoxy) is 1. The Hall–Kier alpha value is -1.57. The second-order valence-corrected chi connectivity index (χ2v) is 6.58. The van der Waals surface area contributed by atoms with Crippen molar-refractivity contribution >= 4 is 5.97 Å². The number of nitrogens with zero attached hydrogens (tertiary/aromatic N) is 3. The van der Waals surface area contributed by atoms with Crippen molar-refractivity contribution in [2.45, 2.75) is 58.5 Å². The van der Waals surface area contributed by atoms with E-state index in [1.807, 2.05) is 6.92 Å². The second-order valence-electron chi connectivity index (χ2n) is 6.58. The zero-order chi connectivity index (χ0) is 16.8. The van der Waals surface area contributed by atoms with Crippen LogP contribution in [0.4, 0.5) is 0 Å². The maximum atomic E-state index is 12.5. The molecule has 1 heterocycles. The maximum Gasteiger partial charge on any atom is 0.335 e. The van der Waals surface area contributed by atoms with Gasteiger partial charge in [-0.05, 0) is 40.2 Å². The number of hydrogen-bond donors (Lipinski definition) is 2. The van der Waals surface area contributed by atoms with Gasteiger partial charge in [0, 0.05) is 12.5 Å². The Morgan fingerprint density at radius 1 is 1.59 bits per heavy atom. The summed E-state index contributed by atoms with van der Waals surface area (Å²) in [6, 6.07) is -0.778. The van der Waals surface area contributed by atoms with E-state index < -0.39 is 17.6 Å². The van der Waals surface area contributed by atoms with Crippen LogP contribution in [-0.2, 0) is 9.53 Å². The molecule has 8 nitrogen and oxygen atoms in total. The van der Waals surface area contributed by atoms with Gasteiger partial charge in [0.1, 0.15) is 0 Å². The number of rotatable bonds is 7. The second kappa shape index (κ2) is 8.17. The van der Waals surface area contributed by atoms with Crippen molar-refractivity contribution < 1.29 is 19.7 Å². The number of esters is 1. The summed E-state index contributed by atoms with van der Waals surface area (Å²) in [6.07, 6.45) is 2.47. The van der Waals surface area contributed by atoms with Gasteiger partial charge in [0.15, 0.2) is 6.04 Å². The van der Waals surface area contributed by atoms with Crippen LogP contribution in [0.25, 0.3) is 0 Å². The van der Waals surface area contributed by atoms with Crippen molar-refractivity contribution in [1.29, 1.82) is 0 Å². The maximum absolute atomic E-state index is 12.5. The molecule has 0 radical (unpaired) electrons. The highest BCUT2D eigenvalue weighted by Crippen LogP contribution is 2.26. The monoisotopic (exact) mass is 316 g/mol. The van der Waals surface area contributed by atoms with Gasteiger partial charge >= 0.3 is 5.97 Å². The average Bonchev–Trinajstić information content (AvgIpc) is 2.96. The van der Waals surface area contributed by atoms with Gasteiger partial charge in [-0.2, -0.15) is 0 Å². The Morgan fingerprint density at radius 3 is 2.73 bits per heavy atom. The molecule has 0 aromatic carbocycles. The Balaban J connectivity index is 3.02. The van der Waals surface area contributed by atoms with Gasteiger partial charge in [0.2, 0.25) is 5.28 Å². The molecule has 8 heteroatoms.